The predicted molar refractivity (Wildman–Crippen MR) is 90.3 cm³/mol. The van der Waals surface area contributed by atoms with Gasteiger partial charge in [0.25, 0.3) is 5.65 Å². The summed E-state index contributed by atoms with van der Waals surface area (Å²) in [6.07, 6.45) is 5.18. The third-order valence-electron chi connectivity index (χ3n) is 5.27. The van der Waals surface area contributed by atoms with Crippen LogP contribution in [0.5, 0.6) is 0 Å². The van der Waals surface area contributed by atoms with Gasteiger partial charge < -0.3 is 4.98 Å². The number of aryl methyl sites for hydroxylation is 1. The third kappa shape index (κ3) is 1.78. The summed E-state index contributed by atoms with van der Waals surface area (Å²) in [7, 11) is 0. The number of aromatic nitrogens is 4. The molecule has 1 aliphatic carbocycles. The Morgan fingerprint density at radius 3 is 3.00 bits per heavy atom. The topological polar surface area (TPSA) is 48.4 Å². The number of hydrogen-bond donors (Lipinski definition) is 2. The highest BCUT2D eigenvalue weighted by Gasteiger charge is 2.57. The van der Waals surface area contributed by atoms with Gasteiger partial charge in [-0.15, -0.1) is 0 Å². The average Bonchev–Trinajstić information content (AvgIpc) is 2.92. The Kier molecular flexibility index (Phi) is 2.36. The molecular formula is C19H19N4+. The molecule has 0 bridgehead atoms. The molecule has 0 radical (unpaired) electrons. The van der Waals surface area contributed by atoms with Crippen LogP contribution in [-0.2, 0) is 5.41 Å². The summed E-state index contributed by atoms with van der Waals surface area (Å²) in [6.45, 7) is 4.45. The molecule has 2 unspecified atom stereocenters. The quantitative estimate of drug-likeness (QED) is 0.547. The molecule has 4 nitrogen and oxygen atoms in total. The van der Waals surface area contributed by atoms with E-state index in [4.69, 9.17) is 0 Å². The molecule has 0 spiro atoms. The first-order valence-corrected chi connectivity index (χ1v) is 8.09. The first-order valence-electron chi connectivity index (χ1n) is 8.09. The number of hydrogen-bond acceptors (Lipinski definition) is 1. The summed E-state index contributed by atoms with van der Waals surface area (Å²) in [5.41, 5.74) is 6.01. The van der Waals surface area contributed by atoms with E-state index in [1.165, 1.54) is 22.4 Å². The number of nitrogens with zero attached hydrogens (tertiary/aromatic N) is 2. The summed E-state index contributed by atoms with van der Waals surface area (Å²) in [6, 6.07) is 13.3. The Morgan fingerprint density at radius 1 is 1.22 bits per heavy atom. The van der Waals surface area contributed by atoms with Gasteiger partial charge in [-0.3, -0.25) is 4.98 Å². The number of nitrogens with one attached hydrogen (secondary N) is 2. The lowest BCUT2D eigenvalue weighted by molar-refractivity contribution is -0.680. The third-order valence-corrected chi connectivity index (χ3v) is 5.27. The molecule has 5 rings (SSSR count). The van der Waals surface area contributed by atoms with Crippen molar-refractivity contribution in [3.05, 3.63) is 60.2 Å². The maximum Gasteiger partial charge on any atom is 0.286 e. The number of H-pyrrole nitrogens is 2. The van der Waals surface area contributed by atoms with Gasteiger partial charge in [-0.1, -0.05) is 0 Å². The highest BCUT2D eigenvalue weighted by Crippen LogP contribution is 2.54. The predicted octanol–water partition coefficient (Wildman–Crippen LogP) is 3.54. The molecule has 4 aromatic rings. The maximum absolute atomic E-state index is 4.45. The first-order chi connectivity index (χ1) is 11.1. The maximum atomic E-state index is 4.45. The van der Waals surface area contributed by atoms with Crippen molar-refractivity contribution >= 4 is 22.1 Å². The van der Waals surface area contributed by atoms with Crippen molar-refractivity contribution in [2.45, 2.75) is 31.7 Å². The summed E-state index contributed by atoms with van der Waals surface area (Å²) >= 11 is 0. The molecule has 1 saturated carbocycles. The normalized spacial score (nSPS) is 23.7. The van der Waals surface area contributed by atoms with E-state index in [-0.39, 0.29) is 5.41 Å². The molecule has 23 heavy (non-hydrogen) atoms. The van der Waals surface area contributed by atoms with Crippen LogP contribution in [0.4, 0.5) is 0 Å². The number of pyridine rings is 2. The van der Waals surface area contributed by atoms with E-state index >= 15 is 0 Å². The van der Waals surface area contributed by atoms with Gasteiger partial charge in [0.05, 0.1) is 33.7 Å². The summed E-state index contributed by atoms with van der Waals surface area (Å²) in [5, 5.41) is 1.28. The van der Waals surface area contributed by atoms with Crippen LogP contribution < -0.4 is 4.57 Å². The minimum absolute atomic E-state index is 0.138. The largest absolute Gasteiger partial charge is 0.356 e. The fourth-order valence-corrected chi connectivity index (χ4v) is 3.81. The number of aromatic amines is 2. The highest BCUT2D eigenvalue weighted by molar-refractivity contribution is 5.76. The van der Waals surface area contributed by atoms with Crippen LogP contribution in [-0.4, -0.2) is 15.0 Å². The molecule has 1 aliphatic rings. The van der Waals surface area contributed by atoms with E-state index in [0.717, 1.165) is 17.5 Å². The Labute approximate surface area is 134 Å². The molecule has 2 N–H and O–H groups in total. The van der Waals surface area contributed by atoms with Crippen LogP contribution in [0.3, 0.4) is 0 Å². The Balaban J connectivity index is 1.60. The van der Waals surface area contributed by atoms with Gasteiger partial charge in [0.1, 0.15) is 6.04 Å². The van der Waals surface area contributed by atoms with Crippen molar-refractivity contribution in [2.24, 2.45) is 0 Å². The zero-order valence-corrected chi connectivity index (χ0v) is 13.3. The average molecular weight is 303 g/mol. The van der Waals surface area contributed by atoms with E-state index in [9.17, 15) is 0 Å². The fraction of sp³-hybridized carbons (Fsp3) is 0.263. The van der Waals surface area contributed by atoms with Gasteiger partial charge >= 0.3 is 0 Å². The minimum Gasteiger partial charge on any atom is -0.356 e. The van der Waals surface area contributed by atoms with Crippen LogP contribution >= 0.6 is 0 Å². The second-order valence-electron chi connectivity index (χ2n) is 6.93. The standard InChI is InChI=1S/C19H18N4/c1-12-9-13-5-4-8-23(18(13)21-12)17-11-19(17,2)16-10-15-14(22-16)6-3-7-20-15/h3-10,17H,11H2,1-2H3,(H,20,22)/p+1. The van der Waals surface area contributed by atoms with Crippen molar-refractivity contribution in [3.63, 3.8) is 0 Å². The second-order valence-corrected chi connectivity index (χ2v) is 6.93. The monoisotopic (exact) mass is 303 g/mol. The highest BCUT2D eigenvalue weighted by atomic mass is 15.1. The molecule has 2 atom stereocenters. The van der Waals surface area contributed by atoms with E-state index in [1.54, 1.807) is 0 Å². The van der Waals surface area contributed by atoms with Gasteiger partial charge in [-0.05, 0) is 50.2 Å². The van der Waals surface area contributed by atoms with Crippen molar-refractivity contribution in [1.82, 2.24) is 15.0 Å². The van der Waals surface area contributed by atoms with Gasteiger partial charge in [-0.25, -0.2) is 9.55 Å². The molecule has 0 amide bonds. The number of fused-ring (bicyclic) bond motifs is 2. The van der Waals surface area contributed by atoms with E-state index in [2.05, 4.69) is 69.9 Å². The Morgan fingerprint density at radius 2 is 2.13 bits per heavy atom. The molecule has 1 fully saturated rings. The van der Waals surface area contributed by atoms with Gasteiger partial charge in [0, 0.05) is 18.3 Å². The molecule has 0 aliphatic heterocycles. The summed E-state index contributed by atoms with van der Waals surface area (Å²) < 4.78 is 2.39. The van der Waals surface area contributed by atoms with Gasteiger partial charge in [0.2, 0.25) is 0 Å². The van der Waals surface area contributed by atoms with Gasteiger partial charge in [-0.2, -0.15) is 0 Å². The molecule has 4 heterocycles. The van der Waals surface area contributed by atoms with Crippen molar-refractivity contribution in [3.8, 4) is 0 Å². The minimum atomic E-state index is 0.138. The van der Waals surface area contributed by atoms with Crippen LogP contribution in [0.15, 0.2) is 48.8 Å². The molecule has 114 valence electrons. The SMILES string of the molecule is Cc1cc2ccc[n+](C3CC3(C)c3cc4ncccc4[nH]3)c2[nH]1. The lowest BCUT2D eigenvalue weighted by atomic mass is 10.0. The molecular weight excluding hydrogens is 284 g/mol. The lowest BCUT2D eigenvalue weighted by Gasteiger charge is -2.08. The molecule has 4 heteroatoms. The van der Waals surface area contributed by atoms with E-state index in [1.807, 2.05) is 12.3 Å². The zero-order valence-electron chi connectivity index (χ0n) is 13.3. The smallest absolute Gasteiger partial charge is 0.286 e. The Bertz CT molecular complexity index is 1010. The molecule has 4 aromatic heterocycles. The first kappa shape index (κ1) is 12.9. The number of rotatable bonds is 2. The zero-order chi connectivity index (χ0) is 15.6. The van der Waals surface area contributed by atoms with Crippen LogP contribution in [0.25, 0.3) is 22.1 Å². The van der Waals surface area contributed by atoms with Crippen LogP contribution in [0.1, 0.15) is 30.8 Å². The molecule has 0 aromatic carbocycles. The van der Waals surface area contributed by atoms with Crippen LogP contribution in [0, 0.1) is 6.92 Å². The summed E-state index contributed by atoms with van der Waals surface area (Å²) in [4.78, 5) is 11.5. The van der Waals surface area contributed by atoms with E-state index in [0.29, 0.717) is 6.04 Å². The summed E-state index contributed by atoms with van der Waals surface area (Å²) in [5.74, 6) is 0. The fourth-order valence-electron chi connectivity index (χ4n) is 3.81. The van der Waals surface area contributed by atoms with Crippen molar-refractivity contribution in [2.75, 3.05) is 0 Å². The lowest BCUT2D eigenvalue weighted by Crippen LogP contribution is -2.36. The van der Waals surface area contributed by atoms with Crippen molar-refractivity contribution < 1.29 is 4.57 Å². The molecule has 0 saturated heterocycles. The van der Waals surface area contributed by atoms with Gasteiger partial charge in [0.15, 0.2) is 0 Å². The second kappa shape index (κ2) is 4.22. The Hall–Kier alpha value is -2.62. The van der Waals surface area contributed by atoms with Crippen molar-refractivity contribution in [1.29, 1.82) is 0 Å². The van der Waals surface area contributed by atoms with E-state index < -0.39 is 0 Å². The van der Waals surface area contributed by atoms with Crippen LogP contribution in [0.2, 0.25) is 0 Å².